The van der Waals surface area contributed by atoms with E-state index in [0.29, 0.717) is 18.3 Å². The number of aliphatic imine (C=N–C) groups is 1. The van der Waals surface area contributed by atoms with Gasteiger partial charge in [-0.1, -0.05) is 18.2 Å². The van der Waals surface area contributed by atoms with Gasteiger partial charge in [-0.2, -0.15) is 0 Å². The molecule has 1 heterocycles. The number of nitrogens with one attached hydrogen (secondary N) is 2. The SMILES string of the molecule is CN=C(NCCc1ccc(OC)cc1)NCc1ccc(Oc2cccnc2)c(F)c1.I. The lowest BCUT2D eigenvalue weighted by Crippen LogP contribution is -2.37. The molecule has 3 rings (SSSR count). The van der Waals surface area contributed by atoms with Crippen molar-refractivity contribution in [1.82, 2.24) is 15.6 Å². The molecule has 1 aromatic heterocycles. The minimum atomic E-state index is -0.430. The van der Waals surface area contributed by atoms with Gasteiger partial charge >= 0.3 is 0 Å². The number of nitrogens with zero attached hydrogens (tertiary/aromatic N) is 2. The fraction of sp³-hybridized carbons (Fsp3) is 0.217. The number of aromatic nitrogens is 1. The number of guanidine groups is 1. The third kappa shape index (κ3) is 7.71. The van der Waals surface area contributed by atoms with Crippen molar-refractivity contribution in [2.45, 2.75) is 13.0 Å². The van der Waals surface area contributed by atoms with E-state index in [1.807, 2.05) is 30.3 Å². The molecule has 164 valence electrons. The van der Waals surface area contributed by atoms with E-state index in [9.17, 15) is 4.39 Å². The number of methoxy groups -OCH3 is 1. The summed E-state index contributed by atoms with van der Waals surface area (Å²) in [6.45, 7) is 1.16. The van der Waals surface area contributed by atoms with E-state index >= 15 is 0 Å². The zero-order valence-corrected chi connectivity index (χ0v) is 19.8. The van der Waals surface area contributed by atoms with Crippen molar-refractivity contribution in [3.05, 3.63) is 83.9 Å². The maximum Gasteiger partial charge on any atom is 0.191 e. The first-order valence-electron chi connectivity index (χ1n) is 9.61. The second-order valence-electron chi connectivity index (χ2n) is 6.51. The molecule has 0 bridgehead atoms. The average Bonchev–Trinajstić information content (AvgIpc) is 2.79. The number of benzene rings is 2. The summed E-state index contributed by atoms with van der Waals surface area (Å²) in [5.74, 6) is 1.71. The predicted molar refractivity (Wildman–Crippen MR) is 131 cm³/mol. The highest BCUT2D eigenvalue weighted by atomic mass is 127. The van der Waals surface area contributed by atoms with Gasteiger partial charge in [0.15, 0.2) is 17.5 Å². The van der Waals surface area contributed by atoms with Gasteiger partial charge in [0.05, 0.1) is 13.3 Å². The molecule has 0 aliphatic heterocycles. The summed E-state index contributed by atoms with van der Waals surface area (Å²) in [6.07, 6.45) is 4.02. The van der Waals surface area contributed by atoms with Crippen LogP contribution in [0.4, 0.5) is 4.39 Å². The Morgan fingerprint density at radius 2 is 1.81 bits per heavy atom. The molecule has 8 heteroatoms. The van der Waals surface area contributed by atoms with E-state index < -0.39 is 5.82 Å². The van der Waals surface area contributed by atoms with Crippen LogP contribution in [0.2, 0.25) is 0 Å². The second kappa shape index (κ2) is 12.7. The third-order valence-corrected chi connectivity index (χ3v) is 4.41. The van der Waals surface area contributed by atoms with Gasteiger partial charge in [-0.15, -0.1) is 24.0 Å². The number of hydrogen-bond donors (Lipinski definition) is 2. The first-order valence-corrected chi connectivity index (χ1v) is 9.61. The maximum absolute atomic E-state index is 14.4. The maximum atomic E-state index is 14.4. The molecule has 0 aliphatic rings. The molecule has 3 aromatic rings. The van der Waals surface area contributed by atoms with Crippen molar-refractivity contribution in [2.24, 2.45) is 4.99 Å². The first-order chi connectivity index (χ1) is 14.7. The molecular formula is C23H26FIN4O2. The molecule has 2 N–H and O–H groups in total. The van der Waals surface area contributed by atoms with Gasteiger partial charge in [0.2, 0.25) is 0 Å². The quantitative estimate of drug-likeness (QED) is 0.251. The van der Waals surface area contributed by atoms with Crippen LogP contribution in [0, 0.1) is 5.82 Å². The minimum absolute atomic E-state index is 0. The lowest BCUT2D eigenvalue weighted by Gasteiger charge is -2.13. The molecule has 0 radical (unpaired) electrons. The molecule has 0 saturated carbocycles. The zero-order valence-electron chi connectivity index (χ0n) is 17.5. The van der Waals surface area contributed by atoms with E-state index in [-0.39, 0.29) is 29.7 Å². The number of ether oxygens (including phenoxy) is 2. The van der Waals surface area contributed by atoms with Crippen LogP contribution in [0.3, 0.4) is 0 Å². The normalized spacial score (nSPS) is 10.7. The van der Waals surface area contributed by atoms with E-state index in [0.717, 1.165) is 24.3 Å². The van der Waals surface area contributed by atoms with E-state index in [4.69, 9.17) is 9.47 Å². The van der Waals surface area contributed by atoms with Gasteiger partial charge in [-0.25, -0.2) is 4.39 Å². The number of halogens is 2. The molecule has 0 amide bonds. The minimum Gasteiger partial charge on any atom is -0.497 e. The molecule has 0 atom stereocenters. The largest absolute Gasteiger partial charge is 0.497 e. The smallest absolute Gasteiger partial charge is 0.191 e. The van der Waals surface area contributed by atoms with Crippen LogP contribution in [0.15, 0.2) is 72.0 Å². The lowest BCUT2D eigenvalue weighted by molar-refractivity contribution is 0.414. The molecule has 2 aromatic carbocycles. The molecular weight excluding hydrogens is 510 g/mol. The van der Waals surface area contributed by atoms with E-state index in [2.05, 4.69) is 20.6 Å². The molecule has 0 spiro atoms. The van der Waals surface area contributed by atoms with Gasteiger partial charge < -0.3 is 20.1 Å². The van der Waals surface area contributed by atoms with Crippen molar-refractivity contribution >= 4 is 29.9 Å². The molecule has 0 saturated heterocycles. The molecule has 6 nitrogen and oxygen atoms in total. The van der Waals surface area contributed by atoms with Crippen LogP contribution in [0.5, 0.6) is 17.2 Å². The van der Waals surface area contributed by atoms with E-state index in [1.165, 1.54) is 17.8 Å². The molecule has 0 aliphatic carbocycles. The predicted octanol–water partition coefficient (Wildman–Crippen LogP) is 4.55. The number of hydrogen-bond acceptors (Lipinski definition) is 4. The first kappa shape index (κ1) is 24.4. The van der Waals surface area contributed by atoms with Crippen molar-refractivity contribution in [1.29, 1.82) is 0 Å². The Kier molecular flexibility index (Phi) is 10.0. The summed E-state index contributed by atoms with van der Waals surface area (Å²) in [5, 5.41) is 6.45. The zero-order chi connectivity index (χ0) is 21.2. The van der Waals surface area contributed by atoms with Gasteiger partial charge in [0.1, 0.15) is 11.5 Å². The molecule has 31 heavy (non-hydrogen) atoms. The van der Waals surface area contributed by atoms with Gasteiger partial charge in [0.25, 0.3) is 0 Å². The Hall–Kier alpha value is -2.88. The summed E-state index contributed by atoms with van der Waals surface area (Å²) in [6, 6.07) is 16.3. The Bertz CT molecular complexity index is 969. The summed E-state index contributed by atoms with van der Waals surface area (Å²) >= 11 is 0. The van der Waals surface area contributed by atoms with Crippen molar-refractivity contribution in [3.63, 3.8) is 0 Å². The van der Waals surface area contributed by atoms with Gasteiger partial charge in [-0.3, -0.25) is 9.98 Å². The highest BCUT2D eigenvalue weighted by Crippen LogP contribution is 2.24. The number of pyridine rings is 1. The topological polar surface area (TPSA) is 67.8 Å². The lowest BCUT2D eigenvalue weighted by atomic mass is 10.1. The fourth-order valence-corrected chi connectivity index (χ4v) is 2.80. The third-order valence-electron chi connectivity index (χ3n) is 4.41. The summed E-state index contributed by atoms with van der Waals surface area (Å²) < 4.78 is 25.0. The van der Waals surface area contributed by atoms with Gasteiger partial charge in [0, 0.05) is 26.3 Å². The van der Waals surface area contributed by atoms with Crippen LogP contribution in [-0.2, 0) is 13.0 Å². The van der Waals surface area contributed by atoms with Crippen LogP contribution in [0.25, 0.3) is 0 Å². The van der Waals surface area contributed by atoms with Crippen LogP contribution in [-0.4, -0.2) is 31.6 Å². The Morgan fingerprint density at radius 3 is 2.45 bits per heavy atom. The van der Waals surface area contributed by atoms with E-state index in [1.54, 1.807) is 38.6 Å². The van der Waals surface area contributed by atoms with Crippen LogP contribution >= 0.6 is 24.0 Å². The molecule has 0 fully saturated rings. The van der Waals surface area contributed by atoms with Crippen LogP contribution < -0.4 is 20.1 Å². The monoisotopic (exact) mass is 536 g/mol. The summed E-state index contributed by atoms with van der Waals surface area (Å²) in [5.41, 5.74) is 1.98. The number of rotatable bonds is 8. The Balaban J connectivity index is 0.00000341. The van der Waals surface area contributed by atoms with Crippen molar-refractivity contribution in [2.75, 3.05) is 20.7 Å². The average molecular weight is 536 g/mol. The molecule has 0 unspecified atom stereocenters. The van der Waals surface area contributed by atoms with Crippen LogP contribution in [0.1, 0.15) is 11.1 Å². The summed E-state index contributed by atoms with van der Waals surface area (Å²) in [4.78, 5) is 8.16. The van der Waals surface area contributed by atoms with Crippen molar-refractivity contribution < 1.29 is 13.9 Å². The standard InChI is InChI=1S/C23H25FN4O2.HI/c1-25-23(27-13-11-17-5-8-19(29-2)9-6-17)28-15-18-7-10-22(21(24)14-18)30-20-4-3-12-26-16-20;/h3-10,12,14,16H,11,13,15H2,1-2H3,(H2,25,27,28);1H. The summed E-state index contributed by atoms with van der Waals surface area (Å²) in [7, 11) is 3.35. The van der Waals surface area contributed by atoms with Gasteiger partial charge in [-0.05, 0) is 53.9 Å². The Labute approximate surface area is 198 Å². The fourth-order valence-electron chi connectivity index (χ4n) is 2.80. The second-order valence-corrected chi connectivity index (χ2v) is 6.51. The Morgan fingerprint density at radius 1 is 1.03 bits per heavy atom. The highest BCUT2D eigenvalue weighted by molar-refractivity contribution is 14.0. The highest BCUT2D eigenvalue weighted by Gasteiger charge is 2.07. The van der Waals surface area contributed by atoms with Crippen molar-refractivity contribution in [3.8, 4) is 17.2 Å².